The molecule has 10 atom stereocenters. The maximum atomic E-state index is 13.7. The van der Waals surface area contributed by atoms with E-state index in [0.29, 0.717) is 0 Å². The summed E-state index contributed by atoms with van der Waals surface area (Å²) in [6.07, 6.45) is -8.98. The third kappa shape index (κ3) is 5.31. The average Bonchev–Trinajstić information content (AvgIpc) is 3.50. The number of aliphatic hydroxyl groups is 2. The van der Waals surface area contributed by atoms with E-state index in [1.165, 1.54) is 26.2 Å². The van der Waals surface area contributed by atoms with E-state index >= 15 is 0 Å². The van der Waals surface area contributed by atoms with Crippen molar-refractivity contribution in [3.05, 3.63) is 24.2 Å². The van der Waals surface area contributed by atoms with Crippen molar-refractivity contribution >= 4 is 35.8 Å². The van der Waals surface area contributed by atoms with Gasteiger partial charge >= 0.3 is 35.8 Å². The zero-order valence-electron chi connectivity index (χ0n) is 26.6. The van der Waals surface area contributed by atoms with Crippen molar-refractivity contribution in [2.45, 2.75) is 109 Å². The van der Waals surface area contributed by atoms with Crippen molar-refractivity contribution in [1.82, 2.24) is 0 Å². The zero-order valence-corrected chi connectivity index (χ0v) is 26.6. The fourth-order valence-electron chi connectivity index (χ4n) is 7.63. The second kappa shape index (κ2) is 12.0. The Bertz CT molecular complexity index is 1400. The van der Waals surface area contributed by atoms with Crippen LogP contribution in [-0.2, 0) is 57.1 Å². The van der Waals surface area contributed by atoms with Crippen LogP contribution in [0.2, 0.25) is 0 Å². The number of carbonyl (C=O) groups excluding carboxylic acids is 6. The van der Waals surface area contributed by atoms with Crippen molar-refractivity contribution in [2.24, 2.45) is 11.3 Å². The summed E-state index contributed by atoms with van der Waals surface area (Å²) in [5.74, 6) is -7.09. The van der Waals surface area contributed by atoms with Crippen LogP contribution in [0.4, 0.5) is 0 Å². The fraction of sp³-hybridized carbons (Fsp3) is 0.667. The van der Waals surface area contributed by atoms with Gasteiger partial charge in [-0.2, -0.15) is 0 Å². The Hall–Kier alpha value is -4.02. The van der Waals surface area contributed by atoms with Crippen LogP contribution in [0.15, 0.2) is 23.0 Å². The molecule has 2 saturated carbocycles. The number of aliphatic hydroxyl groups excluding tert-OH is 1. The third-order valence-electron chi connectivity index (χ3n) is 8.94. The quantitative estimate of drug-likeness (QED) is 0.286. The molecule has 2 bridgehead atoms. The molecule has 0 amide bonds. The van der Waals surface area contributed by atoms with Crippen molar-refractivity contribution in [3.8, 4) is 0 Å². The van der Waals surface area contributed by atoms with Crippen LogP contribution in [0.3, 0.4) is 0 Å². The fourth-order valence-corrected chi connectivity index (χ4v) is 7.63. The molecule has 2 N–H and O–H groups in total. The maximum Gasteiger partial charge on any atom is 0.341 e. The Labute approximate surface area is 263 Å². The van der Waals surface area contributed by atoms with Gasteiger partial charge in [-0.25, -0.2) is 4.79 Å². The largest absolute Gasteiger partial charge is 0.472 e. The molecule has 1 saturated heterocycles. The molecular weight excluding hydrogens is 616 g/mol. The lowest BCUT2D eigenvalue weighted by Crippen LogP contribution is -2.89. The van der Waals surface area contributed by atoms with Gasteiger partial charge in [0.25, 0.3) is 0 Å². The van der Waals surface area contributed by atoms with E-state index in [1.54, 1.807) is 0 Å². The van der Waals surface area contributed by atoms with Gasteiger partial charge in [-0.05, 0) is 26.8 Å². The Morgan fingerprint density at radius 1 is 0.761 bits per heavy atom. The molecule has 4 rings (SSSR count). The first-order chi connectivity index (χ1) is 21.2. The van der Waals surface area contributed by atoms with E-state index in [0.717, 1.165) is 47.8 Å². The molecule has 16 heteroatoms. The molecule has 16 nitrogen and oxygen atoms in total. The summed E-state index contributed by atoms with van der Waals surface area (Å²) in [7, 11) is 0. The number of ether oxygens (including phenoxy) is 7. The van der Waals surface area contributed by atoms with Crippen LogP contribution in [0, 0.1) is 11.3 Å². The maximum absolute atomic E-state index is 13.7. The number of rotatable bonds is 8. The molecule has 1 aromatic rings. The minimum absolute atomic E-state index is 0.151. The van der Waals surface area contributed by atoms with Crippen molar-refractivity contribution in [3.63, 3.8) is 0 Å². The molecule has 0 aromatic carbocycles. The summed E-state index contributed by atoms with van der Waals surface area (Å²) in [4.78, 5) is 76.6. The molecule has 2 heterocycles. The van der Waals surface area contributed by atoms with Crippen molar-refractivity contribution in [2.75, 3.05) is 6.61 Å². The molecule has 3 aliphatic rings. The number of hydrogen-bond donors (Lipinski definition) is 2. The van der Waals surface area contributed by atoms with E-state index < -0.39 is 107 Å². The van der Waals surface area contributed by atoms with Gasteiger partial charge in [-0.15, -0.1) is 0 Å². The van der Waals surface area contributed by atoms with Crippen molar-refractivity contribution in [1.29, 1.82) is 0 Å². The molecule has 0 unspecified atom stereocenters. The third-order valence-corrected chi connectivity index (χ3v) is 8.94. The van der Waals surface area contributed by atoms with E-state index in [1.807, 2.05) is 0 Å². The number of fused-ring (bicyclic) bond motifs is 1. The zero-order chi connectivity index (χ0) is 34.6. The first-order valence-electron chi connectivity index (χ1n) is 14.4. The van der Waals surface area contributed by atoms with Gasteiger partial charge in [-0.3, -0.25) is 24.0 Å². The Balaban J connectivity index is 2.19. The first-order valence-corrected chi connectivity index (χ1v) is 14.4. The van der Waals surface area contributed by atoms with Gasteiger partial charge in [0, 0.05) is 34.6 Å². The lowest BCUT2D eigenvalue weighted by atomic mass is 9.45. The molecule has 1 aromatic heterocycles. The van der Waals surface area contributed by atoms with Gasteiger partial charge in [0.2, 0.25) is 0 Å². The van der Waals surface area contributed by atoms with Gasteiger partial charge in [0.05, 0.1) is 29.4 Å². The van der Waals surface area contributed by atoms with Crippen LogP contribution in [0.1, 0.15) is 65.7 Å². The van der Waals surface area contributed by atoms with E-state index in [4.69, 9.17) is 37.6 Å². The summed E-state index contributed by atoms with van der Waals surface area (Å²) in [5, 5.41) is 25.0. The lowest BCUT2D eigenvalue weighted by molar-refractivity contribution is -0.384. The van der Waals surface area contributed by atoms with Crippen LogP contribution in [-0.4, -0.2) is 106 Å². The monoisotopic (exact) mass is 654 g/mol. The molecule has 1 spiro atoms. The molecule has 0 radical (unpaired) electrons. The topological polar surface area (TPSA) is 221 Å². The normalized spacial score (nSPS) is 37.2. The van der Waals surface area contributed by atoms with Crippen LogP contribution in [0.5, 0.6) is 0 Å². The lowest BCUT2D eigenvalue weighted by Gasteiger charge is -2.67. The van der Waals surface area contributed by atoms with E-state index in [2.05, 4.69) is 0 Å². The summed E-state index contributed by atoms with van der Waals surface area (Å²) in [5.41, 5.74) is -9.27. The molecular formula is C30H38O16. The molecule has 46 heavy (non-hydrogen) atoms. The van der Waals surface area contributed by atoms with Gasteiger partial charge in [-0.1, -0.05) is 0 Å². The van der Waals surface area contributed by atoms with Gasteiger partial charge in [0.15, 0.2) is 24.4 Å². The minimum Gasteiger partial charge on any atom is -0.472 e. The Morgan fingerprint density at radius 2 is 1.28 bits per heavy atom. The first kappa shape index (κ1) is 34.8. The number of hydrogen-bond acceptors (Lipinski definition) is 16. The standard InChI is InChI=1S/C30H38O16/c1-13(31)40-12-29-24(44-17(5)35)20(41-14(2)32)19-22(36)30(29,46-27(19,6)7)28(8,38)23(43-16(4)34)21(42-15(3)33)25(29)45-26(37)18-9-10-39-11-18/h9-11,19-25,36,38H,12H2,1-8H3/t19-,20+,21+,22-,23+,24-,25+,28+,29-,30+/m1/s1. The minimum atomic E-state index is -2.61. The summed E-state index contributed by atoms with van der Waals surface area (Å²) < 4.78 is 45.8. The number of carbonyl (C=O) groups is 6. The Morgan fingerprint density at radius 3 is 1.78 bits per heavy atom. The molecule has 1 aliphatic heterocycles. The highest BCUT2D eigenvalue weighted by atomic mass is 16.7. The second-order valence-corrected chi connectivity index (χ2v) is 12.4. The Kier molecular flexibility index (Phi) is 9.07. The highest BCUT2D eigenvalue weighted by Crippen LogP contribution is 2.69. The molecule has 2 aliphatic carbocycles. The highest BCUT2D eigenvalue weighted by Gasteiger charge is 2.90. The average molecular weight is 655 g/mol. The van der Waals surface area contributed by atoms with Crippen molar-refractivity contribution < 1.29 is 76.6 Å². The highest BCUT2D eigenvalue weighted by molar-refractivity contribution is 5.89. The van der Waals surface area contributed by atoms with Gasteiger partial charge in [0.1, 0.15) is 35.6 Å². The van der Waals surface area contributed by atoms with Crippen LogP contribution in [0.25, 0.3) is 0 Å². The van der Waals surface area contributed by atoms with Crippen LogP contribution < -0.4 is 0 Å². The number of furan rings is 1. The molecule has 3 fully saturated rings. The van der Waals surface area contributed by atoms with Crippen LogP contribution >= 0.6 is 0 Å². The summed E-state index contributed by atoms with van der Waals surface area (Å²) >= 11 is 0. The summed E-state index contributed by atoms with van der Waals surface area (Å²) in [6.45, 7) is 8.29. The number of esters is 6. The van der Waals surface area contributed by atoms with E-state index in [-0.39, 0.29) is 5.56 Å². The van der Waals surface area contributed by atoms with Gasteiger partial charge < -0.3 is 47.8 Å². The summed E-state index contributed by atoms with van der Waals surface area (Å²) in [6, 6.07) is 1.24. The smallest absolute Gasteiger partial charge is 0.341 e. The molecule has 254 valence electrons. The SMILES string of the molecule is CC(=O)OC[C@]12[C@H](OC(C)=O)[C@@H](OC(C)=O)[C@@H]3[C@@H](O)[C@]1(OC3(C)C)[C@@](C)(O)[C@@H](OC(C)=O)[C@H](OC(C)=O)[C@@H]2OC(=O)c1ccoc1. The van der Waals surface area contributed by atoms with E-state index in [9.17, 15) is 39.0 Å². The second-order valence-electron chi connectivity index (χ2n) is 12.4. The predicted octanol–water partition coefficient (Wildman–Crippen LogP) is 0.384. The predicted molar refractivity (Wildman–Crippen MR) is 147 cm³/mol.